The highest BCUT2D eigenvalue weighted by atomic mass is 16.5. The zero-order valence-electron chi connectivity index (χ0n) is 27.2. The molecule has 3 aromatic carbocycles. The van der Waals surface area contributed by atoms with Gasteiger partial charge in [0, 0.05) is 23.2 Å². The van der Waals surface area contributed by atoms with Crippen molar-refractivity contribution in [3.8, 4) is 17.0 Å². The number of para-hydroxylation sites is 1. The van der Waals surface area contributed by atoms with Crippen LogP contribution < -0.4 is 15.6 Å². The van der Waals surface area contributed by atoms with Gasteiger partial charge in [-0.05, 0) is 71.7 Å². The first-order chi connectivity index (χ1) is 23.9. The minimum absolute atomic E-state index is 0.0563. The SMILES string of the molecule is O=C(N[C@@H](Cc1cc2ccccc2[nH]1)C(=O)O)c1cnn2c(=O)c(CCC3CCCCC3)c(-c3ccc(OCc4ccccc4)cc3)[nH]c12. The molecule has 49 heavy (non-hydrogen) atoms. The van der Waals surface area contributed by atoms with Gasteiger partial charge in [0.25, 0.3) is 11.5 Å². The van der Waals surface area contributed by atoms with Gasteiger partial charge >= 0.3 is 5.97 Å². The van der Waals surface area contributed by atoms with Crippen molar-refractivity contribution < 1.29 is 19.4 Å². The van der Waals surface area contributed by atoms with E-state index in [-0.39, 0.29) is 23.2 Å². The number of fused-ring (bicyclic) bond motifs is 2. The fourth-order valence-electron chi connectivity index (χ4n) is 6.88. The number of nitrogens with one attached hydrogen (secondary N) is 3. The van der Waals surface area contributed by atoms with Crippen LogP contribution in [-0.4, -0.2) is 42.6 Å². The van der Waals surface area contributed by atoms with Crippen molar-refractivity contribution in [1.82, 2.24) is 24.9 Å². The molecular weight excluding hydrogens is 618 g/mol. The molecule has 3 heterocycles. The number of aliphatic carboxylic acids is 1. The highest BCUT2D eigenvalue weighted by Crippen LogP contribution is 2.30. The van der Waals surface area contributed by atoms with Gasteiger partial charge in [-0.25, -0.2) is 4.79 Å². The second-order valence-corrected chi connectivity index (χ2v) is 12.9. The molecule has 0 saturated heterocycles. The molecule has 7 rings (SSSR count). The van der Waals surface area contributed by atoms with Gasteiger partial charge in [-0.1, -0.05) is 80.6 Å². The molecule has 0 aliphatic heterocycles. The Morgan fingerprint density at radius 2 is 1.71 bits per heavy atom. The number of hydrogen-bond donors (Lipinski definition) is 4. The van der Waals surface area contributed by atoms with Crippen LogP contribution in [0.5, 0.6) is 5.75 Å². The first kappa shape index (κ1) is 31.9. The number of H-pyrrole nitrogens is 2. The Bertz CT molecular complexity index is 2110. The number of ether oxygens (including phenoxy) is 1. The van der Waals surface area contributed by atoms with Gasteiger partial charge < -0.3 is 25.1 Å². The topological polar surface area (TPSA) is 142 Å². The van der Waals surface area contributed by atoms with Crippen molar-refractivity contribution in [1.29, 1.82) is 0 Å². The summed E-state index contributed by atoms with van der Waals surface area (Å²) in [4.78, 5) is 46.5. The molecule has 10 heteroatoms. The zero-order chi connectivity index (χ0) is 33.7. The smallest absolute Gasteiger partial charge is 0.326 e. The number of carboxylic acids is 1. The lowest BCUT2D eigenvalue weighted by Gasteiger charge is -2.21. The fourth-order valence-corrected chi connectivity index (χ4v) is 6.88. The maximum Gasteiger partial charge on any atom is 0.326 e. The lowest BCUT2D eigenvalue weighted by molar-refractivity contribution is -0.139. The van der Waals surface area contributed by atoms with Crippen LogP contribution in [0.25, 0.3) is 27.8 Å². The third kappa shape index (κ3) is 7.13. The van der Waals surface area contributed by atoms with Crippen molar-refractivity contribution in [3.05, 3.63) is 124 Å². The summed E-state index contributed by atoms with van der Waals surface area (Å²) in [6.07, 6.45) is 8.86. The van der Waals surface area contributed by atoms with Gasteiger partial charge in [0.1, 0.15) is 24.0 Å². The van der Waals surface area contributed by atoms with Crippen molar-refractivity contribution in [2.45, 2.75) is 64.0 Å². The van der Waals surface area contributed by atoms with Gasteiger partial charge in [-0.2, -0.15) is 9.61 Å². The summed E-state index contributed by atoms with van der Waals surface area (Å²) in [5.41, 5.74) is 4.62. The highest BCUT2D eigenvalue weighted by molar-refractivity contribution is 6.01. The van der Waals surface area contributed by atoms with Crippen LogP contribution >= 0.6 is 0 Å². The van der Waals surface area contributed by atoms with E-state index in [1.165, 1.54) is 30.0 Å². The van der Waals surface area contributed by atoms with E-state index in [1.807, 2.05) is 84.9 Å². The Kier molecular flexibility index (Phi) is 9.27. The van der Waals surface area contributed by atoms with Gasteiger partial charge in [0.15, 0.2) is 5.65 Å². The number of rotatable bonds is 12. The molecule has 10 nitrogen and oxygen atoms in total. The van der Waals surface area contributed by atoms with Crippen LogP contribution in [-0.2, 0) is 24.2 Å². The Hall–Kier alpha value is -5.64. The lowest BCUT2D eigenvalue weighted by atomic mass is 9.85. The van der Waals surface area contributed by atoms with E-state index in [2.05, 4.69) is 20.4 Å². The van der Waals surface area contributed by atoms with Crippen molar-refractivity contribution in [2.24, 2.45) is 5.92 Å². The molecule has 250 valence electrons. The maximum atomic E-state index is 14.0. The Morgan fingerprint density at radius 1 is 0.959 bits per heavy atom. The molecule has 3 aromatic heterocycles. The Labute approximate surface area is 283 Å². The molecule has 6 aromatic rings. The van der Waals surface area contributed by atoms with Crippen LogP contribution in [0.1, 0.15) is 65.7 Å². The molecular formula is C39H39N5O5. The molecule has 1 atom stereocenters. The average Bonchev–Trinajstić information content (AvgIpc) is 3.75. The largest absolute Gasteiger partial charge is 0.489 e. The molecule has 0 bridgehead atoms. The molecule has 4 N–H and O–H groups in total. The second-order valence-electron chi connectivity index (χ2n) is 12.9. The van der Waals surface area contributed by atoms with E-state index >= 15 is 0 Å². The molecule has 1 aliphatic carbocycles. The average molecular weight is 658 g/mol. The van der Waals surface area contributed by atoms with E-state index in [9.17, 15) is 19.5 Å². The molecule has 1 saturated carbocycles. The van der Waals surface area contributed by atoms with Crippen molar-refractivity contribution >= 4 is 28.4 Å². The van der Waals surface area contributed by atoms with Crippen molar-refractivity contribution in [2.75, 3.05) is 0 Å². The van der Waals surface area contributed by atoms with Crippen LogP contribution in [0.2, 0.25) is 0 Å². The minimum Gasteiger partial charge on any atom is -0.489 e. The van der Waals surface area contributed by atoms with E-state index < -0.39 is 17.9 Å². The number of hydrogen-bond acceptors (Lipinski definition) is 5. The minimum atomic E-state index is -1.21. The van der Waals surface area contributed by atoms with Crippen LogP contribution in [0, 0.1) is 5.92 Å². The summed E-state index contributed by atoms with van der Waals surface area (Å²) < 4.78 is 7.22. The molecule has 1 aliphatic rings. The molecule has 1 fully saturated rings. The molecule has 0 unspecified atom stereocenters. The monoisotopic (exact) mass is 657 g/mol. The summed E-state index contributed by atoms with van der Waals surface area (Å²) in [7, 11) is 0. The number of aromatic nitrogens is 4. The second kappa shape index (κ2) is 14.2. The third-order valence-electron chi connectivity index (χ3n) is 9.54. The van der Waals surface area contributed by atoms with Crippen LogP contribution in [0.15, 0.2) is 95.9 Å². The number of carbonyl (C=O) groups is 2. The first-order valence-corrected chi connectivity index (χ1v) is 16.9. The predicted octanol–water partition coefficient (Wildman–Crippen LogP) is 6.69. The van der Waals surface area contributed by atoms with Gasteiger partial charge in [0.05, 0.1) is 11.9 Å². The number of carbonyl (C=O) groups excluding carboxylic acids is 1. The normalized spacial score (nSPS) is 14.2. The number of nitrogens with zero attached hydrogens (tertiary/aromatic N) is 2. The van der Waals surface area contributed by atoms with E-state index in [1.54, 1.807) is 0 Å². The van der Waals surface area contributed by atoms with E-state index in [0.717, 1.165) is 41.3 Å². The van der Waals surface area contributed by atoms with Gasteiger partial charge in [-0.3, -0.25) is 9.59 Å². The summed E-state index contributed by atoms with van der Waals surface area (Å²) in [5, 5.41) is 17.9. The Balaban J connectivity index is 1.18. The quantitative estimate of drug-likeness (QED) is 0.116. The van der Waals surface area contributed by atoms with Crippen LogP contribution in [0.4, 0.5) is 0 Å². The lowest BCUT2D eigenvalue weighted by Crippen LogP contribution is -2.42. The summed E-state index contributed by atoms with van der Waals surface area (Å²) >= 11 is 0. The Morgan fingerprint density at radius 3 is 2.47 bits per heavy atom. The third-order valence-corrected chi connectivity index (χ3v) is 9.54. The fraction of sp³-hybridized carbons (Fsp3) is 0.282. The van der Waals surface area contributed by atoms with Crippen molar-refractivity contribution in [3.63, 3.8) is 0 Å². The standard InChI is InChI=1S/C39H39N5O5/c45-37(42-34(39(47)48)22-29-21-28-13-7-8-14-33(28)41-29)32-23-40-44-36(32)43-35(31(38(44)46)20-15-25-9-3-1-4-10-25)27-16-18-30(19-17-27)49-24-26-11-5-2-6-12-26/h2,5-8,11-14,16-19,21,23,25,34,41,43H,1,3-4,9-10,15,20,22,24H2,(H,42,45)(H,47,48)/t34-/m0/s1. The molecule has 1 amide bonds. The zero-order valence-corrected chi connectivity index (χ0v) is 27.2. The number of carboxylic acid groups (broad SMARTS) is 1. The number of aromatic amines is 2. The predicted molar refractivity (Wildman–Crippen MR) is 188 cm³/mol. The van der Waals surface area contributed by atoms with Gasteiger partial charge in [0.2, 0.25) is 0 Å². The van der Waals surface area contributed by atoms with Gasteiger partial charge in [-0.15, -0.1) is 0 Å². The molecule has 0 radical (unpaired) electrons. The van der Waals surface area contributed by atoms with E-state index in [4.69, 9.17) is 4.74 Å². The summed E-state index contributed by atoms with van der Waals surface area (Å²) in [6, 6.07) is 25.8. The summed E-state index contributed by atoms with van der Waals surface area (Å²) in [6.45, 7) is 0.432. The number of amides is 1. The maximum absolute atomic E-state index is 14.0. The summed E-state index contributed by atoms with van der Waals surface area (Å²) in [5.74, 6) is -0.550. The highest BCUT2D eigenvalue weighted by Gasteiger charge is 2.26. The number of benzene rings is 3. The van der Waals surface area contributed by atoms with Crippen LogP contribution in [0.3, 0.4) is 0 Å². The molecule has 0 spiro atoms. The van der Waals surface area contributed by atoms with E-state index in [0.29, 0.717) is 41.6 Å². The first-order valence-electron chi connectivity index (χ1n) is 16.9.